The lowest BCUT2D eigenvalue weighted by Crippen LogP contribution is -2.36. The van der Waals surface area contributed by atoms with E-state index < -0.39 is 20.6 Å². The number of halogens is 1. The Morgan fingerprint density at radius 3 is 2.33 bits per heavy atom. The third-order valence-corrected chi connectivity index (χ3v) is 7.05. The quantitative estimate of drug-likeness (QED) is 0.854. The smallest absolute Gasteiger partial charge is 0.183 e. The zero-order valence-electron chi connectivity index (χ0n) is 13.4. The van der Waals surface area contributed by atoms with Gasteiger partial charge in [0, 0.05) is 17.5 Å². The molecule has 24 heavy (non-hydrogen) atoms. The first-order chi connectivity index (χ1) is 11.4. The molecule has 0 radical (unpaired) electrons. The second-order valence-electron chi connectivity index (χ2n) is 6.06. The highest BCUT2D eigenvalue weighted by atomic mass is 35.5. The largest absolute Gasteiger partial charge is 0.380 e. The molecule has 0 saturated heterocycles. The van der Waals surface area contributed by atoms with Crippen molar-refractivity contribution in [3.8, 4) is 0 Å². The van der Waals surface area contributed by atoms with E-state index in [-0.39, 0.29) is 17.4 Å². The Morgan fingerprint density at radius 1 is 1.12 bits per heavy atom. The van der Waals surface area contributed by atoms with Crippen molar-refractivity contribution in [1.29, 1.82) is 0 Å². The van der Waals surface area contributed by atoms with Gasteiger partial charge in [-0.3, -0.25) is 0 Å². The summed E-state index contributed by atoms with van der Waals surface area (Å²) in [6, 6.07) is 15.6. The maximum Gasteiger partial charge on any atom is 0.183 e. The average Bonchev–Trinajstić information content (AvgIpc) is 3.21. The van der Waals surface area contributed by atoms with Gasteiger partial charge in [0.05, 0.1) is 22.3 Å². The number of hydrogen-bond acceptors (Lipinski definition) is 4. The molecular formula is C18H20ClNO3S. The van der Waals surface area contributed by atoms with Gasteiger partial charge in [0.25, 0.3) is 0 Å². The van der Waals surface area contributed by atoms with Crippen LogP contribution in [0.25, 0.3) is 0 Å². The Balaban J connectivity index is 1.99. The lowest BCUT2D eigenvalue weighted by Gasteiger charge is -2.12. The van der Waals surface area contributed by atoms with Gasteiger partial charge >= 0.3 is 0 Å². The predicted molar refractivity (Wildman–Crippen MR) is 95.0 cm³/mol. The Kier molecular flexibility index (Phi) is 4.71. The summed E-state index contributed by atoms with van der Waals surface area (Å²) in [4.78, 5) is 0.290. The Morgan fingerprint density at radius 2 is 1.75 bits per heavy atom. The van der Waals surface area contributed by atoms with Crippen LogP contribution >= 0.6 is 11.6 Å². The highest BCUT2D eigenvalue weighted by Gasteiger charge is 2.69. The van der Waals surface area contributed by atoms with E-state index >= 15 is 0 Å². The molecule has 2 aromatic rings. The molecule has 6 heteroatoms. The molecule has 2 N–H and O–H groups in total. The Bertz CT molecular complexity index is 808. The van der Waals surface area contributed by atoms with E-state index in [0.717, 1.165) is 5.56 Å². The van der Waals surface area contributed by atoms with Crippen molar-refractivity contribution in [2.45, 2.75) is 28.5 Å². The fourth-order valence-electron chi connectivity index (χ4n) is 3.25. The normalized spacial score (nSPS) is 26.3. The molecule has 0 heterocycles. The van der Waals surface area contributed by atoms with E-state index in [4.69, 9.17) is 22.1 Å². The SMILES string of the molecule is CCOC[C@]1(N)[C@H](c2ccc(Cl)cc2)[C@H]1S(=O)(=O)c1ccccc1. The van der Waals surface area contributed by atoms with Crippen LogP contribution in [0.3, 0.4) is 0 Å². The highest BCUT2D eigenvalue weighted by molar-refractivity contribution is 7.92. The number of ether oxygens (including phenoxy) is 1. The Labute approximate surface area is 147 Å². The van der Waals surface area contributed by atoms with Gasteiger partial charge in [-0.2, -0.15) is 0 Å². The maximum atomic E-state index is 13.1. The van der Waals surface area contributed by atoms with Crippen LogP contribution < -0.4 is 5.73 Å². The van der Waals surface area contributed by atoms with Crippen molar-refractivity contribution in [3.05, 3.63) is 65.2 Å². The fraction of sp³-hybridized carbons (Fsp3) is 0.333. The van der Waals surface area contributed by atoms with Gasteiger partial charge in [-0.15, -0.1) is 0 Å². The van der Waals surface area contributed by atoms with Crippen LogP contribution in [0.2, 0.25) is 5.02 Å². The van der Waals surface area contributed by atoms with Crippen molar-refractivity contribution in [1.82, 2.24) is 0 Å². The lowest BCUT2D eigenvalue weighted by atomic mass is 10.1. The summed E-state index contributed by atoms with van der Waals surface area (Å²) in [6.07, 6.45) is 0. The molecule has 0 aromatic heterocycles. The van der Waals surface area contributed by atoms with Gasteiger partial charge in [0.1, 0.15) is 0 Å². The molecule has 4 nitrogen and oxygen atoms in total. The molecule has 3 atom stereocenters. The van der Waals surface area contributed by atoms with Gasteiger partial charge in [-0.25, -0.2) is 8.42 Å². The third kappa shape index (κ3) is 2.97. The summed E-state index contributed by atoms with van der Waals surface area (Å²) < 4.78 is 31.6. The van der Waals surface area contributed by atoms with Gasteiger partial charge in [0.15, 0.2) is 9.84 Å². The predicted octanol–water partition coefficient (Wildman–Crippen LogP) is 3.01. The van der Waals surface area contributed by atoms with Crippen LogP contribution in [0.5, 0.6) is 0 Å². The van der Waals surface area contributed by atoms with E-state index in [0.29, 0.717) is 11.6 Å². The molecule has 1 saturated carbocycles. The first-order valence-electron chi connectivity index (χ1n) is 7.82. The summed E-state index contributed by atoms with van der Waals surface area (Å²) in [5.74, 6) is -0.313. The molecule has 0 bridgehead atoms. The summed E-state index contributed by atoms with van der Waals surface area (Å²) in [5, 5.41) is -0.102. The molecule has 0 spiro atoms. The molecule has 3 rings (SSSR count). The summed E-state index contributed by atoms with van der Waals surface area (Å²) in [6.45, 7) is 2.56. The van der Waals surface area contributed by atoms with Crippen LogP contribution in [0.1, 0.15) is 18.4 Å². The molecule has 2 aromatic carbocycles. The summed E-state index contributed by atoms with van der Waals surface area (Å²) in [5.41, 5.74) is 6.41. The van der Waals surface area contributed by atoms with Crippen molar-refractivity contribution >= 4 is 21.4 Å². The lowest BCUT2D eigenvalue weighted by molar-refractivity contribution is 0.125. The third-order valence-electron chi connectivity index (χ3n) is 4.49. The molecule has 0 aliphatic heterocycles. The minimum Gasteiger partial charge on any atom is -0.380 e. The second-order valence-corrected chi connectivity index (χ2v) is 8.56. The molecule has 1 aliphatic carbocycles. The topological polar surface area (TPSA) is 69.4 Å². The first kappa shape index (κ1) is 17.4. The van der Waals surface area contributed by atoms with Crippen LogP contribution in [0.4, 0.5) is 0 Å². The number of benzene rings is 2. The number of hydrogen-bond donors (Lipinski definition) is 1. The number of sulfone groups is 1. The van der Waals surface area contributed by atoms with Gasteiger partial charge in [-0.1, -0.05) is 41.9 Å². The average molecular weight is 366 g/mol. The summed E-state index contributed by atoms with van der Waals surface area (Å²) in [7, 11) is -3.55. The van der Waals surface area contributed by atoms with Gasteiger partial charge in [-0.05, 0) is 36.8 Å². The van der Waals surface area contributed by atoms with E-state index in [2.05, 4.69) is 0 Å². The molecule has 1 aliphatic rings. The highest BCUT2D eigenvalue weighted by Crippen LogP contribution is 2.55. The van der Waals surface area contributed by atoms with Crippen LogP contribution in [0.15, 0.2) is 59.5 Å². The minimum absolute atomic E-state index is 0.202. The summed E-state index contributed by atoms with van der Waals surface area (Å²) >= 11 is 5.94. The van der Waals surface area contributed by atoms with E-state index in [1.54, 1.807) is 42.5 Å². The van der Waals surface area contributed by atoms with Crippen LogP contribution in [0, 0.1) is 0 Å². The second kappa shape index (κ2) is 6.48. The molecule has 0 unspecified atom stereocenters. The molecule has 0 amide bonds. The Hall–Kier alpha value is -1.40. The van der Waals surface area contributed by atoms with Crippen LogP contribution in [-0.4, -0.2) is 32.4 Å². The van der Waals surface area contributed by atoms with Crippen molar-refractivity contribution in [3.63, 3.8) is 0 Å². The number of rotatable bonds is 6. The molecule has 1 fully saturated rings. The van der Waals surface area contributed by atoms with E-state index in [1.807, 2.05) is 19.1 Å². The van der Waals surface area contributed by atoms with Crippen LogP contribution in [-0.2, 0) is 14.6 Å². The first-order valence-corrected chi connectivity index (χ1v) is 9.74. The van der Waals surface area contributed by atoms with E-state index in [1.165, 1.54) is 0 Å². The molecular weight excluding hydrogens is 346 g/mol. The van der Waals surface area contributed by atoms with Crippen molar-refractivity contribution in [2.24, 2.45) is 5.73 Å². The van der Waals surface area contributed by atoms with Gasteiger partial charge in [0.2, 0.25) is 0 Å². The maximum absolute atomic E-state index is 13.1. The standard InChI is InChI=1S/C18H20ClNO3S/c1-2-23-12-18(20)16(13-8-10-14(19)11-9-13)17(18)24(21,22)15-6-4-3-5-7-15/h3-11,16-17H,2,12,20H2,1H3/t16-,17-,18+/m1/s1. The van der Waals surface area contributed by atoms with E-state index in [9.17, 15) is 8.42 Å². The van der Waals surface area contributed by atoms with Crippen molar-refractivity contribution in [2.75, 3.05) is 13.2 Å². The molecule has 128 valence electrons. The van der Waals surface area contributed by atoms with Gasteiger partial charge < -0.3 is 10.5 Å². The van der Waals surface area contributed by atoms with Crippen molar-refractivity contribution < 1.29 is 13.2 Å². The zero-order chi connectivity index (χ0) is 17.4. The fourth-order valence-corrected chi connectivity index (χ4v) is 5.69. The minimum atomic E-state index is -3.55. The zero-order valence-corrected chi connectivity index (χ0v) is 14.9. The number of nitrogens with two attached hydrogens (primary N) is 1. The monoisotopic (exact) mass is 365 g/mol.